The predicted octanol–water partition coefficient (Wildman–Crippen LogP) is 33.8. The average molecular weight is 1610 g/mol. The Morgan fingerprint density at radius 3 is 0.678 bits per heavy atom. The molecule has 0 bridgehead atoms. The van der Waals surface area contributed by atoms with Crippen LogP contribution in [0.15, 0.2) is 460 Å². The van der Waals surface area contributed by atoms with Gasteiger partial charge in [-0.15, -0.1) is 0 Å². The molecular weight excluding hydrogens is 1470 g/mol. The van der Waals surface area contributed by atoms with E-state index < -0.39 is 683 Å². The van der Waals surface area contributed by atoms with Crippen molar-refractivity contribution in [2.24, 2.45) is 0 Å². The third-order valence-corrected chi connectivity index (χ3v) is 19.4. The lowest BCUT2D eigenvalue weighted by Gasteiger charge is -2.20. The molecule has 3 nitrogen and oxygen atoms in total. The largest absolute Gasteiger partial charge is 0.456 e. The maximum atomic E-state index is 9.92. The molecule has 0 aliphatic heterocycles. The fraction of sp³-hybridized carbons (Fsp3) is 0. The smallest absolute Gasteiger partial charge is 0.136 e. The van der Waals surface area contributed by atoms with Crippen LogP contribution in [0.5, 0.6) is 0 Å². The molecule has 0 aliphatic rings. The second-order valence-corrected chi connectivity index (χ2v) is 25.8. The topological polar surface area (TPSA) is 39.4 Å². The molecule has 0 amide bonds. The number of rotatable bonds is 9. The van der Waals surface area contributed by atoms with Crippen molar-refractivity contribution in [3.05, 3.63) is 447 Å². The van der Waals surface area contributed by atoms with E-state index in [0.29, 0.717) is 0 Å². The van der Waals surface area contributed by atoms with Gasteiger partial charge >= 0.3 is 0 Å². The molecule has 0 fully saturated rings. The molecule has 0 radical (unpaired) electrons. The van der Waals surface area contributed by atoms with Gasteiger partial charge in [-0.1, -0.05) is 381 Å². The van der Waals surface area contributed by atoms with Crippen LogP contribution in [-0.4, -0.2) is 0 Å². The Hall–Kier alpha value is -15.9. The molecule has 564 valence electrons. The van der Waals surface area contributed by atoms with Gasteiger partial charge in [0.15, 0.2) is 0 Å². The van der Waals surface area contributed by atoms with Gasteiger partial charge in [-0.2, -0.15) is 0 Å². The molecule has 0 saturated heterocycles. The van der Waals surface area contributed by atoms with E-state index in [1.165, 1.54) is 0 Å². The van der Waals surface area contributed by atoms with E-state index >= 15 is 0 Å². The quantitative estimate of drug-likeness (QED) is 0.135. The highest BCUT2D eigenvalue weighted by molar-refractivity contribution is 6.30. The Balaban J connectivity index is 0.000000153. The Labute approximate surface area is 802 Å². The molecule has 25 aromatic rings. The summed E-state index contributed by atoms with van der Waals surface area (Å²) in [4.78, 5) is 0. The maximum absolute atomic E-state index is 9.92. The average Bonchev–Trinajstić information content (AvgIpc) is 1.66. The van der Waals surface area contributed by atoms with Crippen molar-refractivity contribution in [3.63, 3.8) is 0 Å². The summed E-state index contributed by atoms with van der Waals surface area (Å²) >= 11 is 0. The van der Waals surface area contributed by atoms with Crippen molar-refractivity contribution in [1.29, 1.82) is 0 Å². The van der Waals surface area contributed by atoms with Gasteiger partial charge < -0.3 is 13.3 Å². The molecule has 22 aromatic carbocycles. The fourth-order valence-electron chi connectivity index (χ4n) is 14.6. The van der Waals surface area contributed by atoms with Gasteiger partial charge in [0.1, 0.15) is 33.5 Å². The molecule has 121 heavy (non-hydrogen) atoms. The van der Waals surface area contributed by atoms with E-state index in [2.05, 4.69) is 0 Å². The first-order valence-corrected chi connectivity index (χ1v) is 35.5. The summed E-state index contributed by atoms with van der Waals surface area (Å²) in [6.45, 7) is 0. The number of hydrogen-bond donors (Lipinski definition) is 0. The second kappa shape index (κ2) is 29.7. The lowest BCUT2D eigenvalue weighted by Crippen LogP contribution is -1.93. The van der Waals surface area contributed by atoms with Gasteiger partial charge in [0.05, 0.1) is 101 Å². The van der Waals surface area contributed by atoms with Crippen LogP contribution in [-0.2, 0) is 0 Å². The van der Waals surface area contributed by atoms with E-state index in [1.807, 2.05) is 0 Å². The van der Waals surface area contributed by atoms with Gasteiger partial charge in [0.25, 0.3) is 0 Å². The van der Waals surface area contributed by atoms with E-state index in [-0.39, 0.29) is 5.39 Å². The summed E-state index contributed by atoms with van der Waals surface area (Å²) in [5.41, 5.74) is -17.3. The summed E-state index contributed by atoms with van der Waals surface area (Å²) in [6.07, 6.45) is 0. The SMILES string of the molecule is [2H]c1c([2H])c([2H])c(-c2c([2H])c(-c3c([2H])c([2H])c([2H])c([2H])c3[2H])c([2H])c(-c3c4c([2H])c([2H])c([2H])c([2H])c4c(-c4c([2H])c([2H])c([2H])c5oc6c([2H])c([2H])c([2H])c([2H])c6c45)c4c([2H])c([2H])c([2H])c([2H])c34)c2[2H])c([2H])c1[2H].[2H]c1c([2H])c([2H])c(-c2c([2H])c(-c3c4c([2H])c([2H])c([2H])c([2H])c4c(-c4c([2H])c([2H])c([2H])c5oc6c([2H])c([2H])c([2H])c([2H])c6c45)c4c([2H])c([2H])c([2H])c([2H])c34)c3c([2H])c([2H])c([2H])c([2H])c3c2[2H])c([2H])c1[2H].[2H]c1c([2H])c([2H])c(-c2c3c([2H])c([2H])c([2H])c([2H])c3c(-c3c([2H])c([2H])c([2H])c4oc5c([2H])c([2H])c([2H])c([2H])c5c34)c3c([2H])c([2H])c([2H])c([2H])c23)c([2H])c1[2H]. The molecule has 3 heterocycles. The van der Waals surface area contributed by atoms with Crippen LogP contribution in [0.4, 0.5) is 0 Å². The van der Waals surface area contributed by atoms with Gasteiger partial charge in [-0.25, -0.2) is 0 Å². The Bertz CT molecular complexity index is 12800. The Morgan fingerprint density at radius 2 is 0.355 bits per heavy atom. The lowest BCUT2D eigenvalue weighted by molar-refractivity contribution is 0.668. The Morgan fingerprint density at radius 1 is 0.132 bits per heavy atom. The monoisotopic (exact) mass is 1610 g/mol. The zero-order chi connectivity index (χ0) is 144. The molecule has 0 N–H and O–H groups in total. The van der Waals surface area contributed by atoms with Crippen molar-refractivity contribution in [3.8, 4) is 100 Å². The van der Waals surface area contributed by atoms with Crippen molar-refractivity contribution in [1.82, 2.24) is 0 Å². The van der Waals surface area contributed by atoms with Crippen molar-refractivity contribution in [2.45, 2.75) is 0 Å². The minimum Gasteiger partial charge on any atom is -0.456 e. The van der Waals surface area contributed by atoms with Crippen LogP contribution >= 0.6 is 0 Å². The number of benzene rings is 22. The minimum absolute atomic E-state index is 0.388. The standard InChI is InChI=1S/C44H28O.C42H26O.C32H20O/c1-3-14-29(15-4-1)31-26-32(30-16-5-2-6-17-30)28-33(27-31)42-34-18-7-9-20-36(34)43(37-21-10-8-19-35(37)42)39-23-13-25-41-44(39)38-22-11-12-24-40(38)45-41;1-2-13-27(14-3-1)29-25-28-15-4-5-16-30(28)37(26-29)41-33-19-8-6-17-31(33)40(32-18-7-9-20-34(32)41)36-22-12-24-39-42(36)35-21-10-11-23-38(35)43-39;1-2-11-21(12-3-1)30-22-13-4-6-15-24(22)31(25-16-7-5-14-23(25)30)27-18-10-20-29-32(27)26-17-8-9-19-28(26)33-29/h1-28H;1-26H;1-20H/i1D,2D,3D,4D,5D,6D,7D,8D,9D,10D,11D,12D,13D,14D,15D,16D,17D,18D,19D,20D,21D,22D,23D,24D,25D,26D,27D,28D;1D,2D,3D,4D,5D,6D,7D,8D,9D,10D,11D,12D,13D,14D,15D,16D,17D,18D,19D,20D,21D,22D,23D,24D,25D,26D;1D,2D,3D,4D,5D,6D,7D,8D,9D,10D,11D,12D,13D,14D,15D,16D,17D,18D,19D,20D. The predicted molar refractivity (Wildman–Crippen MR) is 513 cm³/mol. The van der Waals surface area contributed by atoms with E-state index in [0.717, 1.165) is 0 Å². The number of furan rings is 3. The summed E-state index contributed by atoms with van der Waals surface area (Å²) in [7, 11) is 0. The zero-order valence-electron chi connectivity index (χ0n) is 134. The van der Waals surface area contributed by atoms with Crippen LogP contribution < -0.4 is 0 Å². The van der Waals surface area contributed by atoms with E-state index in [1.54, 1.807) is 0 Å². The lowest BCUT2D eigenvalue weighted by atomic mass is 9.83. The maximum Gasteiger partial charge on any atom is 0.136 e. The molecule has 3 heteroatoms. The van der Waals surface area contributed by atoms with Gasteiger partial charge in [0.2, 0.25) is 0 Å². The van der Waals surface area contributed by atoms with Gasteiger partial charge in [-0.3, -0.25) is 0 Å². The normalized spacial score (nSPS) is 20.2. The molecule has 0 aliphatic carbocycles. The highest BCUT2D eigenvalue weighted by atomic mass is 16.3. The molecule has 25 rings (SSSR count). The summed E-state index contributed by atoms with van der Waals surface area (Å²) < 4.78 is 676. The summed E-state index contributed by atoms with van der Waals surface area (Å²) in [5, 5.41) is -12.8. The molecule has 0 spiro atoms. The van der Waals surface area contributed by atoms with E-state index in [9.17, 15) is 23.3 Å². The molecular formula is C118H74O3. The van der Waals surface area contributed by atoms with Crippen molar-refractivity contribution in [2.75, 3.05) is 0 Å². The van der Waals surface area contributed by atoms with Crippen LogP contribution in [0.3, 0.4) is 0 Å². The third kappa shape index (κ3) is 12.0. The zero-order valence-corrected chi connectivity index (χ0v) is 60.2. The van der Waals surface area contributed by atoms with Crippen molar-refractivity contribution >= 4 is 141 Å². The van der Waals surface area contributed by atoms with Gasteiger partial charge in [0, 0.05) is 32.3 Å². The highest BCUT2D eigenvalue weighted by Gasteiger charge is 2.26. The van der Waals surface area contributed by atoms with Crippen LogP contribution in [0.2, 0.25) is 0 Å². The fourth-order valence-corrected chi connectivity index (χ4v) is 14.6. The van der Waals surface area contributed by atoms with E-state index in [4.69, 9.17) is 91.4 Å². The molecule has 0 atom stereocenters. The van der Waals surface area contributed by atoms with Crippen LogP contribution in [0.25, 0.3) is 241 Å². The molecule has 0 unspecified atom stereocenters. The van der Waals surface area contributed by atoms with Crippen LogP contribution in [0.1, 0.15) is 101 Å². The first-order chi connectivity index (χ1) is 90.8. The van der Waals surface area contributed by atoms with Crippen LogP contribution in [0, 0.1) is 0 Å². The first-order valence-electron chi connectivity index (χ1n) is 72.5. The number of hydrogen-bond acceptors (Lipinski definition) is 3. The highest BCUT2D eigenvalue weighted by Crippen LogP contribution is 2.53. The second-order valence-electron chi connectivity index (χ2n) is 25.8. The minimum atomic E-state index is -1.16. The van der Waals surface area contributed by atoms with Crippen molar-refractivity contribution < 1.29 is 115 Å². The van der Waals surface area contributed by atoms with Gasteiger partial charge in [-0.05, 0) is 242 Å². The summed E-state index contributed by atoms with van der Waals surface area (Å²) in [6, 6.07) is -68.7. The Kier molecular flexibility index (Phi) is 6.90. The number of fused-ring (bicyclic) bond motifs is 16. The molecule has 3 aromatic heterocycles. The molecule has 0 saturated carbocycles. The third-order valence-electron chi connectivity index (χ3n) is 19.4. The first kappa shape index (κ1) is 28.1. The summed E-state index contributed by atoms with van der Waals surface area (Å²) in [5.74, 6) is 0. The number of para-hydroxylation sites is 3.